The van der Waals surface area contributed by atoms with Gasteiger partial charge in [0.15, 0.2) is 0 Å². The van der Waals surface area contributed by atoms with Crippen LogP contribution in [0.25, 0.3) is 10.1 Å². The summed E-state index contributed by atoms with van der Waals surface area (Å²) in [5.74, 6) is 0. The van der Waals surface area contributed by atoms with E-state index in [1.165, 1.54) is 21.4 Å². The molecule has 2 rings (SSSR count). The third-order valence-corrected chi connectivity index (χ3v) is 3.97. The topological polar surface area (TPSA) is 3.24 Å². The van der Waals surface area contributed by atoms with E-state index in [1.807, 2.05) is 23.5 Å². The molecule has 0 aliphatic carbocycles. The van der Waals surface area contributed by atoms with Crippen LogP contribution in [0.5, 0.6) is 0 Å². The molecule has 0 saturated heterocycles. The minimum Gasteiger partial charge on any atom is -0.309 e. The second-order valence-electron chi connectivity index (χ2n) is 4.30. The molecule has 0 saturated carbocycles. The van der Waals surface area contributed by atoms with Gasteiger partial charge in [-0.2, -0.15) is 0 Å². The van der Waals surface area contributed by atoms with E-state index in [9.17, 15) is 0 Å². The number of thiophene rings is 1. The summed E-state index contributed by atoms with van der Waals surface area (Å²) >= 11 is 7.85. The highest BCUT2D eigenvalue weighted by atomic mass is 35.5. The molecule has 0 unspecified atom stereocenters. The molecule has 86 valence electrons. The van der Waals surface area contributed by atoms with E-state index in [0.717, 1.165) is 18.0 Å². The first-order valence-electron chi connectivity index (χ1n) is 5.48. The Balaban J connectivity index is 2.08. The SMILES string of the molecule is CN(C)CCCc1cc2cc(Cl)ccc2s1. The monoisotopic (exact) mass is 253 g/mol. The number of hydrogen-bond acceptors (Lipinski definition) is 2. The van der Waals surface area contributed by atoms with Gasteiger partial charge < -0.3 is 4.90 Å². The molecular formula is C13H16ClNS. The van der Waals surface area contributed by atoms with E-state index in [2.05, 4.69) is 31.1 Å². The Morgan fingerprint density at radius 1 is 1.25 bits per heavy atom. The number of benzene rings is 1. The first-order valence-corrected chi connectivity index (χ1v) is 6.67. The van der Waals surface area contributed by atoms with Crippen LogP contribution in [0.15, 0.2) is 24.3 Å². The average molecular weight is 254 g/mol. The van der Waals surface area contributed by atoms with Gasteiger partial charge in [-0.15, -0.1) is 11.3 Å². The van der Waals surface area contributed by atoms with E-state index in [1.54, 1.807) is 0 Å². The summed E-state index contributed by atoms with van der Waals surface area (Å²) in [6.07, 6.45) is 2.38. The molecule has 0 bridgehead atoms. The quantitative estimate of drug-likeness (QED) is 0.795. The van der Waals surface area contributed by atoms with Gasteiger partial charge in [-0.05, 0) is 63.1 Å². The minimum absolute atomic E-state index is 0.824. The number of rotatable bonds is 4. The van der Waals surface area contributed by atoms with Crippen LogP contribution in [0.2, 0.25) is 5.02 Å². The van der Waals surface area contributed by atoms with Gasteiger partial charge in [-0.3, -0.25) is 0 Å². The first kappa shape index (κ1) is 11.9. The van der Waals surface area contributed by atoms with Crippen molar-refractivity contribution in [2.24, 2.45) is 0 Å². The molecule has 0 radical (unpaired) electrons. The molecular weight excluding hydrogens is 238 g/mol. The van der Waals surface area contributed by atoms with Gasteiger partial charge >= 0.3 is 0 Å². The van der Waals surface area contributed by atoms with E-state index in [0.29, 0.717) is 0 Å². The predicted octanol–water partition coefficient (Wildman–Crippen LogP) is 4.05. The molecule has 2 aromatic rings. The van der Waals surface area contributed by atoms with Crippen LogP contribution in [0, 0.1) is 0 Å². The van der Waals surface area contributed by atoms with Crippen molar-refractivity contribution in [1.29, 1.82) is 0 Å². The van der Waals surface area contributed by atoms with Crippen molar-refractivity contribution >= 4 is 33.0 Å². The average Bonchev–Trinajstić information content (AvgIpc) is 2.58. The molecule has 0 aliphatic heterocycles. The van der Waals surface area contributed by atoms with Crippen LogP contribution in [0.3, 0.4) is 0 Å². The molecule has 0 atom stereocenters. The van der Waals surface area contributed by atoms with Gasteiger partial charge in [-0.1, -0.05) is 11.6 Å². The van der Waals surface area contributed by atoms with Crippen molar-refractivity contribution in [3.8, 4) is 0 Å². The van der Waals surface area contributed by atoms with Gasteiger partial charge in [0, 0.05) is 14.6 Å². The van der Waals surface area contributed by atoms with Crippen LogP contribution in [-0.2, 0) is 6.42 Å². The maximum absolute atomic E-state index is 5.97. The molecule has 1 aromatic heterocycles. The highest BCUT2D eigenvalue weighted by molar-refractivity contribution is 7.19. The zero-order valence-corrected chi connectivity index (χ0v) is 11.2. The zero-order chi connectivity index (χ0) is 11.5. The number of nitrogens with zero attached hydrogens (tertiary/aromatic N) is 1. The van der Waals surface area contributed by atoms with Crippen molar-refractivity contribution in [1.82, 2.24) is 4.90 Å². The van der Waals surface area contributed by atoms with Crippen LogP contribution in [0.1, 0.15) is 11.3 Å². The number of fused-ring (bicyclic) bond motifs is 1. The molecule has 1 aromatic carbocycles. The van der Waals surface area contributed by atoms with Crippen molar-refractivity contribution in [3.05, 3.63) is 34.2 Å². The van der Waals surface area contributed by atoms with Crippen LogP contribution in [0.4, 0.5) is 0 Å². The Bertz CT molecular complexity index is 476. The predicted molar refractivity (Wildman–Crippen MR) is 73.7 cm³/mol. The lowest BCUT2D eigenvalue weighted by Crippen LogP contribution is -2.13. The van der Waals surface area contributed by atoms with Gasteiger partial charge in [-0.25, -0.2) is 0 Å². The lowest BCUT2D eigenvalue weighted by molar-refractivity contribution is 0.401. The fourth-order valence-corrected chi connectivity index (χ4v) is 3.03. The highest BCUT2D eigenvalue weighted by Gasteiger charge is 2.02. The first-order chi connectivity index (χ1) is 7.65. The lowest BCUT2D eigenvalue weighted by atomic mass is 10.2. The minimum atomic E-state index is 0.824. The molecule has 16 heavy (non-hydrogen) atoms. The molecule has 0 aliphatic rings. The Kier molecular flexibility index (Phi) is 3.85. The summed E-state index contributed by atoms with van der Waals surface area (Å²) in [4.78, 5) is 3.68. The molecule has 0 spiro atoms. The molecule has 1 nitrogen and oxygen atoms in total. The van der Waals surface area contributed by atoms with Crippen molar-refractivity contribution in [2.45, 2.75) is 12.8 Å². The summed E-state index contributed by atoms with van der Waals surface area (Å²) in [6.45, 7) is 1.15. The molecule has 0 fully saturated rings. The standard InChI is InChI=1S/C13H16ClNS/c1-15(2)7-3-4-12-9-10-8-11(14)5-6-13(10)16-12/h5-6,8-9H,3-4,7H2,1-2H3. The van der Waals surface area contributed by atoms with Gasteiger partial charge in [0.2, 0.25) is 0 Å². The molecule has 0 amide bonds. The smallest absolute Gasteiger partial charge is 0.0412 e. The van der Waals surface area contributed by atoms with Crippen molar-refractivity contribution < 1.29 is 0 Å². The van der Waals surface area contributed by atoms with Gasteiger partial charge in [0.05, 0.1) is 0 Å². The van der Waals surface area contributed by atoms with E-state index in [4.69, 9.17) is 11.6 Å². The van der Waals surface area contributed by atoms with Crippen molar-refractivity contribution in [3.63, 3.8) is 0 Å². The van der Waals surface area contributed by atoms with Gasteiger partial charge in [0.1, 0.15) is 0 Å². The van der Waals surface area contributed by atoms with E-state index >= 15 is 0 Å². The van der Waals surface area contributed by atoms with E-state index in [-0.39, 0.29) is 0 Å². The van der Waals surface area contributed by atoms with Crippen LogP contribution in [-0.4, -0.2) is 25.5 Å². The van der Waals surface area contributed by atoms with Crippen molar-refractivity contribution in [2.75, 3.05) is 20.6 Å². The second kappa shape index (κ2) is 5.17. The third-order valence-electron chi connectivity index (χ3n) is 2.56. The van der Waals surface area contributed by atoms with Crippen LogP contribution < -0.4 is 0 Å². The normalized spacial score (nSPS) is 11.5. The summed E-state index contributed by atoms with van der Waals surface area (Å²) in [5.41, 5.74) is 0. The van der Waals surface area contributed by atoms with Gasteiger partial charge in [0.25, 0.3) is 0 Å². The molecule has 3 heteroatoms. The third kappa shape index (κ3) is 2.97. The Morgan fingerprint density at radius 3 is 2.81 bits per heavy atom. The maximum Gasteiger partial charge on any atom is 0.0412 e. The highest BCUT2D eigenvalue weighted by Crippen LogP contribution is 2.28. The second-order valence-corrected chi connectivity index (χ2v) is 5.91. The fraction of sp³-hybridized carbons (Fsp3) is 0.385. The Labute approximate surface area is 106 Å². The Hall–Kier alpha value is -0.570. The maximum atomic E-state index is 5.97. The summed E-state index contributed by atoms with van der Waals surface area (Å²) in [5, 5.41) is 2.10. The number of halogens is 1. The fourth-order valence-electron chi connectivity index (χ4n) is 1.76. The van der Waals surface area contributed by atoms with Crippen LogP contribution >= 0.6 is 22.9 Å². The molecule has 0 N–H and O–H groups in total. The summed E-state index contributed by atoms with van der Waals surface area (Å²) in [6, 6.07) is 8.38. The summed E-state index contributed by atoms with van der Waals surface area (Å²) in [7, 11) is 4.23. The Morgan fingerprint density at radius 2 is 2.06 bits per heavy atom. The number of aryl methyl sites for hydroxylation is 1. The zero-order valence-electron chi connectivity index (χ0n) is 9.66. The lowest BCUT2D eigenvalue weighted by Gasteiger charge is -2.07. The molecule has 1 heterocycles. The van der Waals surface area contributed by atoms with E-state index < -0.39 is 0 Å². The number of hydrogen-bond donors (Lipinski definition) is 0. The summed E-state index contributed by atoms with van der Waals surface area (Å²) < 4.78 is 1.34. The largest absolute Gasteiger partial charge is 0.309 e.